The van der Waals surface area contributed by atoms with E-state index in [-0.39, 0.29) is 6.42 Å². The van der Waals surface area contributed by atoms with E-state index in [1.165, 1.54) is 11.3 Å². The Balaban J connectivity index is 1.90. The van der Waals surface area contributed by atoms with Gasteiger partial charge < -0.3 is 5.11 Å². The van der Waals surface area contributed by atoms with Crippen molar-refractivity contribution < 1.29 is 9.90 Å². The van der Waals surface area contributed by atoms with Gasteiger partial charge >= 0.3 is 5.97 Å². The minimum absolute atomic E-state index is 0.0606. The average Bonchev–Trinajstić information content (AvgIpc) is 3.07. The molecule has 6 heteroatoms. The van der Waals surface area contributed by atoms with Crippen LogP contribution in [-0.2, 0) is 11.2 Å². The van der Waals surface area contributed by atoms with Gasteiger partial charge in [-0.2, -0.15) is 0 Å². The Morgan fingerprint density at radius 1 is 1.33 bits per heavy atom. The van der Waals surface area contributed by atoms with Crippen molar-refractivity contribution >= 4 is 28.6 Å². The van der Waals surface area contributed by atoms with E-state index in [0.717, 1.165) is 31.6 Å². The Kier molecular flexibility index (Phi) is 3.81. The molecule has 3 aromatic rings. The second kappa shape index (κ2) is 5.75. The molecule has 3 aromatic heterocycles. The summed E-state index contributed by atoms with van der Waals surface area (Å²) in [5, 5.41) is 11.8. The fourth-order valence-electron chi connectivity index (χ4n) is 1.98. The third-order valence-corrected chi connectivity index (χ3v) is 4.98. The molecular formula is C15H12N2O2S2. The van der Waals surface area contributed by atoms with Crippen molar-refractivity contribution in [1.82, 2.24) is 9.97 Å². The Bertz CT molecular complexity index is 792. The molecule has 0 fully saturated rings. The van der Waals surface area contributed by atoms with Crippen LogP contribution < -0.4 is 0 Å². The SMILES string of the molecule is Cc1cnccc1-c1nc(-c2ccc(CC(=O)O)s2)cs1. The van der Waals surface area contributed by atoms with Crippen LogP contribution in [0.4, 0.5) is 0 Å². The fourth-order valence-corrected chi connectivity index (χ4v) is 3.93. The topological polar surface area (TPSA) is 63.1 Å². The third kappa shape index (κ3) is 3.01. The lowest BCUT2D eigenvalue weighted by molar-refractivity contribution is -0.136. The van der Waals surface area contributed by atoms with Crippen molar-refractivity contribution in [2.24, 2.45) is 0 Å². The van der Waals surface area contributed by atoms with Crippen LogP contribution in [0.25, 0.3) is 21.1 Å². The molecule has 0 aliphatic heterocycles. The molecule has 106 valence electrons. The van der Waals surface area contributed by atoms with Crippen molar-refractivity contribution in [1.29, 1.82) is 0 Å². The van der Waals surface area contributed by atoms with E-state index >= 15 is 0 Å². The van der Waals surface area contributed by atoms with Gasteiger partial charge in [0, 0.05) is 28.2 Å². The zero-order valence-corrected chi connectivity index (χ0v) is 12.9. The van der Waals surface area contributed by atoms with Gasteiger partial charge in [-0.15, -0.1) is 22.7 Å². The molecule has 4 nitrogen and oxygen atoms in total. The number of hydrogen-bond donors (Lipinski definition) is 1. The highest BCUT2D eigenvalue weighted by atomic mass is 32.1. The van der Waals surface area contributed by atoms with Crippen molar-refractivity contribution in [3.05, 3.63) is 46.4 Å². The summed E-state index contributed by atoms with van der Waals surface area (Å²) < 4.78 is 0. The molecule has 0 bridgehead atoms. The maximum absolute atomic E-state index is 10.7. The van der Waals surface area contributed by atoms with Crippen LogP contribution in [0, 0.1) is 6.92 Å². The number of aliphatic carboxylic acids is 1. The molecule has 0 spiro atoms. The van der Waals surface area contributed by atoms with E-state index in [1.807, 2.05) is 36.7 Å². The summed E-state index contributed by atoms with van der Waals surface area (Å²) in [6.07, 6.45) is 3.65. The number of thiophene rings is 1. The number of hydrogen-bond acceptors (Lipinski definition) is 5. The van der Waals surface area contributed by atoms with E-state index in [9.17, 15) is 4.79 Å². The zero-order valence-electron chi connectivity index (χ0n) is 11.2. The predicted octanol–water partition coefficient (Wildman–Crippen LogP) is 3.87. The van der Waals surface area contributed by atoms with E-state index < -0.39 is 5.97 Å². The summed E-state index contributed by atoms with van der Waals surface area (Å²) in [5.74, 6) is -0.810. The monoisotopic (exact) mass is 316 g/mol. The first kappa shape index (κ1) is 13.9. The molecule has 0 unspecified atom stereocenters. The van der Waals surface area contributed by atoms with Crippen LogP contribution in [0.2, 0.25) is 0 Å². The number of aryl methyl sites for hydroxylation is 1. The van der Waals surface area contributed by atoms with Crippen LogP contribution >= 0.6 is 22.7 Å². The summed E-state index contributed by atoms with van der Waals surface area (Å²) in [5.41, 5.74) is 3.08. The lowest BCUT2D eigenvalue weighted by Crippen LogP contribution is -1.96. The minimum Gasteiger partial charge on any atom is -0.481 e. The Hall–Kier alpha value is -2.05. The second-order valence-electron chi connectivity index (χ2n) is 4.56. The summed E-state index contributed by atoms with van der Waals surface area (Å²) in [6, 6.07) is 5.74. The molecule has 0 atom stereocenters. The van der Waals surface area contributed by atoms with Crippen molar-refractivity contribution in [2.45, 2.75) is 13.3 Å². The maximum Gasteiger partial charge on any atom is 0.308 e. The largest absolute Gasteiger partial charge is 0.481 e. The standard InChI is InChI=1S/C15H12N2O2S2/c1-9-7-16-5-4-11(9)15-17-12(8-20-15)13-3-2-10(21-13)6-14(18)19/h2-5,7-8H,6H2,1H3,(H,18,19). The summed E-state index contributed by atoms with van der Waals surface area (Å²) >= 11 is 3.06. The second-order valence-corrected chi connectivity index (χ2v) is 6.59. The summed E-state index contributed by atoms with van der Waals surface area (Å²) in [7, 11) is 0. The zero-order chi connectivity index (χ0) is 14.8. The van der Waals surface area contributed by atoms with Crippen LogP contribution in [0.1, 0.15) is 10.4 Å². The smallest absolute Gasteiger partial charge is 0.308 e. The number of thiazole rings is 1. The highest BCUT2D eigenvalue weighted by Crippen LogP contribution is 2.33. The predicted molar refractivity (Wildman–Crippen MR) is 84.7 cm³/mol. The normalized spacial score (nSPS) is 10.7. The summed E-state index contributed by atoms with van der Waals surface area (Å²) in [4.78, 5) is 21.3. The van der Waals surface area contributed by atoms with Gasteiger partial charge in [0.05, 0.1) is 17.0 Å². The number of carboxylic acid groups (broad SMARTS) is 1. The van der Waals surface area contributed by atoms with Crippen LogP contribution in [0.15, 0.2) is 36.0 Å². The molecular weight excluding hydrogens is 304 g/mol. The molecule has 3 heterocycles. The van der Waals surface area contributed by atoms with Gasteiger partial charge in [-0.1, -0.05) is 0 Å². The maximum atomic E-state index is 10.7. The fraction of sp³-hybridized carbons (Fsp3) is 0.133. The van der Waals surface area contributed by atoms with Gasteiger partial charge in [0.15, 0.2) is 0 Å². The first-order chi connectivity index (χ1) is 10.1. The van der Waals surface area contributed by atoms with E-state index in [2.05, 4.69) is 9.97 Å². The van der Waals surface area contributed by atoms with E-state index in [1.54, 1.807) is 17.5 Å². The van der Waals surface area contributed by atoms with Gasteiger partial charge in [0.2, 0.25) is 0 Å². The van der Waals surface area contributed by atoms with Crippen LogP contribution in [0.3, 0.4) is 0 Å². The quantitative estimate of drug-likeness (QED) is 0.793. The lowest BCUT2D eigenvalue weighted by atomic mass is 10.2. The number of nitrogens with zero attached hydrogens (tertiary/aromatic N) is 2. The van der Waals surface area contributed by atoms with Crippen LogP contribution in [-0.4, -0.2) is 21.0 Å². The number of carbonyl (C=O) groups is 1. The molecule has 3 rings (SSSR count). The molecule has 0 aliphatic rings. The number of carboxylic acids is 1. The first-order valence-electron chi connectivity index (χ1n) is 6.31. The first-order valence-corrected chi connectivity index (χ1v) is 8.00. The average molecular weight is 316 g/mol. The van der Waals surface area contributed by atoms with Crippen molar-refractivity contribution in [3.8, 4) is 21.1 Å². The molecule has 0 aromatic carbocycles. The number of rotatable bonds is 4. The molecule has 0 radical (unpaired) electrons. The highest BCUT2D eigenvalue weighted by molar-refractivity contribution is 7.16. The van der Waals surface area contributed by atoms with Gasteiger partial charge in [0.25, 0.3) is 0 Å². The summed E-state index contributed by atoms with van der Waals surface area (Å²) in [6.45, 7) is 2.01. The Morgan fingerprint density at radius 3 is 2.95 bits per heavy atom. The molecule has 21 heavy (non-hydrogen) atoms. The molecule has 0 saturated heterocycles. The molecule has 1 N–H and O–H groups in total. The van der Waals surface area contributed by atoms with Gasteiger partial charge in [0.1, 0.15) is 5.01 Å². The molecule has 0 saturated carbocycles. The molecule has 0 amide bonds. The minimum atomic E-state index is -0.810. The number of aromatic nitrogens is 2. The van der Waals surface area contributed by atoms with Gasteiger partial charge in [-0.3, -0.25) is 9.78 Å². The lowest BCUT2D eigenvalue weighted by Gasteiger charge is -1.99. The third-order valence-electron chi connectivity index (χ3n) is 2.99. The van der Waals surface area contributed by atoms with Crippen LogP contribution in [0.5, 0.6) is 0 Å². The number of pyridine rings is 1. The Morgan fingerprint density at radius 2 is 2.19 bits per heavy atom. The molecule has 0 aliphatic carbocycles. The van der Waals surface area contributed by atoms with Crippen molar-refractivity contribution in [2.75, 3.05) is 0 Å². The van der Waals surface area contributed by atoms with Crippen molar-refractivity contribution in [3.63, 3.8) is 0 Å². The van der Waals surface area contributed by atoms with E-state index in [0.29, 0.717) is 0 Å². The Labute approximate surface area is 129 Å². The van der Waals surface area contributed by atoms with Gasteiger partial charge in [-0.25, -0.2) is 4.98 Å². The van der Waals surface area contributed by atoms with E-state index in [4.69, 9.17) is 5.11 Å². The highest BCUT2D eigenvalue weighted by Gasteiger charge is 2.11. The van der Waals surface area contributed by atoms with Gasteiger partial charge in [-0.05, 0) is 30.7 Å².